The fourth-order valence-corrected chi connectivity index (χ4v) is 5.03. The number of aromatic nitrogens is 2. The van der Waals surface area contributed by atoms with Crippen LogP contribution in [0.4, 0.5) is 14.9 Å². The van der Waals surface area contributed by atoms with Crippen molar-refractivity contribution in [3.8, 4) is 0 Å². The van der Waals surface area contributed by atoms with Crippen LogP contribution in [0.3, 0.4) is 0 Å². The highest BCUT2D eigenvalue weighted by Crippen LogP contribution is 2.40. The third-order valence-electron chi connectivity index (χ3n) is 5.43. The van der Waals surface area contributed by atoms with Gasteiger partial charge in [-0.15, -0.1) is 0 Å². The predicted molar refractivity (Wildman–Crippen MR) is 98.9 cm³/mol. The monoisotopic (exact) mass is 408 g/mol. The molecule has 8 nitrogen and oxygen atoms in total. The van der Waals surface area contributed by atoms with E-state index in [2.05, 4.69) is 10.4 Å². The molecule has 2 aromatic rings. The SMILES string of the molecule is Cn1nc(S(=O)(=O)NC(=O)Nc2c3c(c(F)c4c2CCC4)CCC3)cc1CO. The Morgan fingerprint density at radius 3 is 2.29 bits per heavy atom. The van der Waals surface area contributed by atoms with Gasteiger partial charge in [-0.05, 0) is 60.8 Å². The van der Waals surface area contributed by atoms with Gasteiger partial charge in [0.2, 0.25) is 0 Å². The number of hydrogen-bond acceptors (Lipinski definition) is 5. The molecule has 2 aliphatic rings. The van der Waals surface area contributed by atoms with E-state index in [1.54, 1.807) is 0 Å². The Labute approximate surface area is 161 Å². The van der Waals surface area contributed by atoms with Crippen molar-refractivity contribution in [2.75, 3.05) is 5.32 Å². The van der Waals surface area contributed by atoms with Crippen LogP contribution in [0, 0.1) is 5.82 Å². The van der Waals surface area contributed by atoms with Crippen LogP contribution in [0.1, 0.15) is 40.8 Å². The van der Waals surface area contributed by atoms with Crippen molar-refractivity contribution in [3.63, 3.8) is 0 Å². The number of carbonyl (C=O) groups is 1. The van der Waals surface area contributed by atoms with Gasteiger partial charge in [-0.3, -0.25) is 4.68 Å². The molecule has 0 aliphatic heterocycles. The number of amides is 2. The fraction of sp³-hybridized carbons (Fsp3) is 0.444. The lowest BCUT2D eigenvalue weighted by Gasteiger charge is -2.17. The summed E-state index contributed by atoms with van der Waals surface area (Å²) < 4.78 is 42.8. The number of sulfonamides is 1. The molecule has 0 fully saturated rings. The number of benzene rings is 1. The summed E-state index contributed by atoms with van der Waals surface area (Å²) in [6, 6.07) is 0.286. The molecule has 0 bridgehead atoms. The topological polar surface area (TPSA) is 113 Å². The van der Waals surface area contributed by atoms with E-state index < -0.39 is 16.1 Å². The van der Waals surface area contributed by atoms with Crippen molar-refractivity contribution in [1.82, 2.24) is 14.5 Å². The van der Waals surface area contributed by atoms with E-state index in [4.69, 9.17) is 0 Å². The van der Waals surface area contributed by atoms with Gasteiger partial charge in [0, 0.05) is 18.8 Å². The van der Waals surface area contributed by atoms with E-state index in [9.17, 15) is 22.7 Å². The van der Waals surface area contributed by atoms with Gasteiger partial charge in [0.25, 0.3) is 10.0 Å². The van der Waals surface area contributed by atoms with E-state index in [0.29, 0.717) is 48.2 Å². The lowest BCUT2D eigenvalue weighted by molar-refractivity contribution is 0.256. The predicted octanol–water partition coefficient (Wildman–Crippen LogP) is 1.54. The van der Waals surface area contributed by atoms with E-state index in [-0.39, 0.29) is 17.5 Å². The van der Waals surface area contributed by atoms with Crippen LogP contribution in [-0.2, 0) is 49.4 Å². The minimum atomic E-state index is -4.21. The standard InChI is InChI=1S/C18H21FN4O4S/c1-23-10(9-24)8-15(21-23)28(26,27)22-18(25)20-17-13-6-2-4-11(13)16(19)12-5-3-7-14(12)17/h8,24H,2-7,9H2,1H3,(H2,20,22,25). The second-order valence-electron chi connectivity index (χ2n) is 7.13. The second kappa shape index (κ2) is 6.85. The Kier molecular flexibility index (Phi) is 4.62. The second-order valence-corrected chi connectivity index (χ2v) is 8.75. The summed E-state index contributed by atoms with van der Waals surface area (Å²) in [5.74, 6) is -0.163. The van der Waals surface area contributed by atoms with Crippen molar-refractivity contribution < 1.29 is 22.7 Å². The number of fused-ring (bicyclic) bond motifs is 2. The number of nitrogens with zero attached hydrogens (tertiary/aromatic N) is 2. The number of halogens is 1. The highest BCUT2D eigenvalue weighted by atomic mass is 32.2. The Morgan fingerprint density at radius 1 is 1.18 bits per heavy atom. The molecule has 1 aromatic heterocycles. The summed E-state index contributed by atoms with van der Waals surface area (Å²) in [4.78, 5) is 12.5. The van der Waals surface area contributed by atoms with Crippen LogP contribution in [0.25, 0.3) is 0 Å². The minimum absolute atomic E-state index is 0.163. The molecule has 3 N–H and O–H groups in total. The normalized spacial score (nSPS) is 15.4. The summed E-state index contributed by atoms with van der Waals surface area (Å²) in [5.41, 5.74) is 3.66. The van der Waals surface area contributed by atoms with Crippen molar-refractivity contribution in [3.05, 3.63) is 39.8 Å². The largest absolute Gasteiger partial charge is 0.390 e. The molecule has 1 heterocycles. The fourth-order valence-electron chi connectivity index (χ4n) is 4.11. The average molecular weight is 408 g/mol. The molecule has 2 amide bonds. The third-order valence-corrected chi connectivity index (χ3v) is 6.63. The molecular weight excluding hydrogens is 387 g/mol. The lowest BCUT2D eigenvalue weighted by Crippen LogP contribution is -2.35. The highest BCUT2D eigenvalue weighted by Gasteiger charge is 2.30. The number of rotatable bonds is 4. The number of aryl methyl sites for hydroxylation is 1. The van der Waals surface area contributed by atoms with Crippen LogP contribution in [0.2, 0.25) is 0 Å². The van der Waals surface area contributed by atoms with Crippen molar-refractivity contribution in [1.29, 1.82) is 0 Å². The number of aliphatic hydroxyl groups is 1. The Bertz CT molecular complexity index is 1040. The van der Waals surface area contributed by atoms with Crippen LogP contribution in [-0.4, -0.2) is 29.3 Å². The average Bonchev–Trinajstić information content (AvgIpc) is 3.37. The van der Waals surface area contributed by atoms with Gasteiger partial charge in [0.05, 0.1) is 12.3 Å². The van der Waals surface area contributed by atoms with E-state index in [1.165, 1.54) is 17.8 Å². The number of hydrogen-bond donors (Lipinski definition) is 3. The quantitative estimate of drug-likeness (QED) is 0.710. The van der Waals surface area contributed by atoms with Gasteiger partial charge in [0.1, 0.15) is 5.82 Å². The number of carbonyl (C=O) groups excluding carboxylic acids is 1. The van der Waals surface area contributed by atoms with Crippen LogP contribution < -0.4 is 10.0 Å². The smallest absolute Gasteiger partial charge is 0.333 e. The van der Waals surface area contributed by atoms with E-state index >= 15 is 0 Å². The first-order valence-corrected chi connectivity index (χ1v) is 10.6. The molecular formula is C18H21FN4O4S. The highest BCUT2D eigenvalue weighted by molar-refractivity contribution is 7.90. The maximum Gasteiger partial charge on any atom is 0.333 e. The van der Waals surface area contributed by atoms with Gasteiger partial charge in [0.15, 0.2) is 5.03 Å². The summed E-state index contributed by atoms with van der Waals surface area (Å²) >= 11 is 0. The summed E-state index contributed by atoms with van der Waals surface area (Å²) in [6.07, 6.45) is 4.18. The Morgan fingerprint density at radius 2 is 1.75 bits per heavy atom. The molecule has 0 unspecified atom stereocenters. The van der Waals surface area contributed by atoms with Crippen LogP contribution in [0.5, 0.6) is 0 Å². The Hall–Kier alpha value is -2.46. The number of nitrogens with one attached hydrogen (secondary N) is 2. The maximum absolute atomic E-state index is 14.7. The van der Waals surface area contributed by atoms with Crippen molar-refractivity contribution in [2.24, 2.45) is 7.05 Å². The molecule has 10 heteroatoms. The first kappa shape index (κ1) is 18.9. The zero-order valence-corrected chi connectivity index (χ0v) is 16.2. The van der Waals surface area contributed by atoms with Gasteiger partial charge in [-0.25, -0.2) is 13.9 Å². The molecule has 1 aromatic carbocycles. The van der Waals surface area contributed by atoms with Gasteiger partial charge in [-0.2, -0.15) is 13.5 Å². The van der Waals surface area contributed by atoms with Gasteiger partial charge < -0.3 is 10.4 Å². The zero-order valence-electron chi connectivity index (χ0n) is 15.4. The first-order valence-electron chi connectivity index (χ1n) is 9.14. The molecule has 0 saturated heterocycles. The minimum Gasteiger partial charge on any atom is -0.390 e. The molecule has 0 radical (unpaired) electrons. The van der Waals surface area contributed by atoms with Crippen LogP contribution >= 0.6 is 0 Å². The summed E-state index contributed by atoms with van der Waals surface area (Å²) in [5, 5.41) is 15.3. The summed E-state index contributed by atoms with van der Waals surface area (Å²) in [7, 11) is -2.71. The maximum atomic E-state index is 14.7. The molecule has 0 spiro atoms. The molecule has 0 saturated carbocycles. The molecule has 2 aliphatic carbocycles. The zero-order chi connectivity index (χ0) is 20.1. The van der Waals surface area contributed by atoms with Crippen molar-refractivity contribution >= 4 is 21.7 Å². The number of anilines is 1. The summed E-state index contributed by atoms with van der Waals surface area (Å²) in [6.45, 7) is -0.376. The molecule has 28 heavy (non-hydrogen) atoms. The van der Waals surface area contributed by atoms with E-state index in [0.717, 1.165) is 24.0 Å². The van der Waals surface area contributed by atoms with Gasteiger partial charge in [-0.1, -0.05) is 0 Å². The van der Waals surface area contributed by atoms with Crippen molar-refractivity contribution in [2.45, 2.75) is 50.2 Å². The lowest BCUT2D eigenvalue weighted by atomic mass is 9.98. The molecule has 4 rings (SSSR count). The molecule has 0 atom stereocenters. The Balaban J connectivity index is 1.61. The third kappa shape index (κ3) is 3.06. The van der Waals surface area contributed by atoms with E-state index in [1.807, 2.05) is 4.72 Å². The van der Waals surface area contributed by atoms with Gasteiger partial charge >= 0.3 is 6.03 Å². The molecule has 150 valence electrons. The number of aliphatic hydroxyl groups excluding tert-OH is 1. The first-order chi connectivity index (χ1) is 13.3. The van der Waals surface area contributed by atoms with Crippen LogP contribution in [0.15, 0.2) is 11.1 Å². The number of urea groups is 1.